The van der Waals surface area contributed by atoms with E-state index in [1.807, 2.05) is 6.92 Å². The molecule has 0 fully saturated rings. The zero-order valence-corrected chi connectivity index (χ0v) is 9.58. The monoisotopic (exact) mass is 188 g/mol. The Morgan fingerprint density at radius 1 is 1.23 bits per heavy atom. The van der Waals surface area contributed by atoms with Crippen molar-refractivity contribution in [2.45, 2.75) is 45.8 Å². The Morgan fingerprint density at radius 3 is 2.08 bits per heavy atom. The van der Waals surface area contributed by atoms with Crippen LogP contribution < -0.4 is 5.73 Å². The second-order valence-corrected chi connectivity index (χ2v) is 3.92. The van der Waals surface area contributed by atoms with Gasteiger partial charge in [0.25, 0.3) is 0 Å². The number of hydrogen-bond acceptors (Lipinski definition) is 3. The van der Waals surface area contributed by atoms with Gasteiger partial charge in [-0.05, 0) is 27.7 Å². The summed E-state index contributed by atoms with van der Waals surface area (Å²) < 4.78 is 5.07. The summed E-state index contributed by atoms with van der Waals surface area (Å²) in [5.74, 6) is 0. The highest BCUT2D eigenvalue weighted by Gasteiger charge is 2.19. The SMILES string of the molecule is COCCN(C(C)C)C(C)C(C)N. The minimum Gasteiger partial charge on any atom is -0.383 e. The normalized spacial score (nSPS) is 16.6. The van der Waals surface area contributed by atoms with E-state index < -0.39 is 0 Å². The van der Waals surface area contributed by atoms with E-state index in [-0.39, 0.29) is 6.04 Å². The van der Waals surface area contributed by atoms with Crippen molar-refractivity contribution in [3.8, 4) is 0 Å². The van der Waals surface area contributed by atoms with Crippen molar-refractivity contribution >= 4 is 0 Å². The Kier molecular flexibility index (Phi) is 6.29. The van der Waals surface area contributed by atoms with Gasteiger partial charge in [0.05, 0.1) is 6.61 Å². The molecule has 0 rings (SSSR count). The molecule has 0 aliphatic rings. The van der Waals surface area contributed by atoms with E-state index in [0.717, 1.165) is 13.2 Å². The number of rotatable bonds is 6. The number of ether oxygens (including phenoxy) is 1. The molecule has 0 heterocycles. The number of hydrogen-bond donors (Lipinski definition) is 1. The summed E-state index contributed by atoms with van der Waals surface area (Å²) in [4.78, 5) is 2.37. The van der Waals surface area contributed by atoms with Crippen LogP contribution in [0.1, 0.15) is 27.7 Å². The fraction of sp³-hybridized carbons (Fsp3) is 1.00. The summed E-state index contributed by atoms with van der Waals surface area (Å²) in [6.07, 6.45) is 0. The third kappa shape index (κ3) is 4.60. The largest absolute Gasteiger partial charge is 0.383 e. The molecule has 0 amide bonds. The fourth-order valence-electron chi connectivity index (χ4n) is 1.43. The lowest BCUT2D eigenvalue weighted by molar-refractivity contribution is 0.0938. The van der Waals surface area contributed by atoms with Crippen LogP contribution in [0, 0.1) is 0 Å². The molecule has 3 nitrogen and oxygen atoms in total. The first-order valence-electron chi connectivity index (χ1n) is 5.01. The van der Waals surface area contributed by atoms with Gasteiger partial charge in [0.1, 0.15) is 0 Å². The molecule has 0 spiro atoms. The average molecular weight is 188 g/mol. The van der Waals surface area contributed by atoms with Crippen LogP contribution in [-0.4, -0.2) is 43.3 Å². The molecule has 0 aliphatic carbocycles. The van der Waals surface area contributed by atoms with Gasteiger partial charge >= 0.3 is 0 Å². The number of nitrogens with zero attached hydrogens (tertiary/aromatic N) is 1. The predicted molar refractivity (Wildman–Crippen MR) is 56.8 cm³/mol. The van der Waals surface area contributed by atoms with Gasteiger partial charge in [-0.2, -0.15) is 0 Å². The molecular formula is C10H24N2O. The van der Waals surface area contributed by atoms with Crippen molar-refractivity contribution in [2.24, 2.45) is 5.73 Å². The molecule has 0 aliphatic heterocycles. The van der Waals surface area contributed by atoms with Crippen LogP contribution in [0.4, 0.5) is 0 Å². The molecule has 80 valence electrons. The van der Waals surface area contributed by atoms with Crippen LogP contribution in [0.25, 0.3) is 0 Å². The Labute approximate surface area is 82.2 Å². The molecule has 0 aromatic heterocycles. The zero-order valence-electron chi connectivity index (χ0n) is 9.58. The molecule has 0 aromatic rings. The van der Waals surface area contributed by atoms with E-state index >= 15 is 0 Å². The van der Waals surface area contributed by atoms with Crippen LogP contribution in [0.2, 0.25) is 0 Å². The standard InChI is InChI=1S/C10H24N2O/c1-8(2)12(6-7-13-5)10(4)9(3)11/h8-10H,6-7,11H2,1-5H3. The lowest BCUT2D eigenvalue weighted by atomic mass is 10.1. The van der Waals surface area contributed by atoms with E-state index in [4.69, 9.17) is 10.5 Å². The third-order valence-corrected chi connectivity index (χ3v) is 2.50. The summed E-state index contributed by atoms with van der Waals surface area (Å²) in [6, 6.07) is 1.14. The molecule has 0 radical (unpaired) electrons. The molecule has 0 saturated carbocycles. The number of nitrogens with two attached hydrogens (primary N) is 1. The van der Waals surface area contributed by atoms with Crippen LogP contribution in [0.5, 0.6) is 0 Å². The van der Waals surface area contributed by atoms with Gasteiger partial charge in [-0.15, -0.1) is 0 Å². The molecule has 0 bridgehead atoms. The summed E-state index contributed by atoms with van der Waals surface area (Å²) in [7, 11) is 1.73. The molecule has 2 atom stereocenters. The second kappa shape index (κ2) is 6.35. The van der Waals surface area contributed by atoms with Crippen LogP contribution in [0.15, 0.2) is 0 Å². The fourth-order valence-corrected chi connectivity index (χ4v) is 1.43. The van der Waals surface area contributed by atoms with Gasteiger partial charge in [-0.3, -0.25) is 4.90 Å². The first kappa shape index (κ1) is 12.9. The average Bonchev–Trinajstić information content (AvgIpc) is 2.04. The second-order valence-electron chi connectivity index (χ2n) is 3.92. The maximum absolute atomic E-state index is 5.86. The third-order valence-electron chi connectivity index (χ3n) is 2.50. The van der Waals surface area contributed by atoms with Gasteiger partial charge in [-0.1, -0.05) is 0 Å². The Balaban J connectivity index is 4.07. The summed E-state index contributed by atoms with van der Waals surface area (Å²) >= 11 is 0. The van der Waals surface area contributed by atoms with Gasteiger partial charge in [0, 0.05) is 31.8 Å². The highest BCUT2D eigenvalue weighted by molar-refractivity contribution is 4.77. The van der Waals surface area contributed by atoms with Crippen molar-refractivity contribution in [3.63, 3.8) is 0 Å². The Bertz CT molecular complexity index is 126. The summed E-state index contributed by atoms with van der Waals surface area (Å²) in [6.45, 7) is 10.3. The molecule has 3 heteroatoms. The first-order chi connectivity index (χ1) is 6.00. The minimum atomic E-state index is 0.208. The van der Waals surface area contributed by atoms with Crippen LogP contribution in [-0.2, 0) is 4.74 Å². The zero-order chi connectivity index (χ0) is 10.4. The quantitative estimate of drug-likeness (QED) is 0.678. The predicted octanol–water partition coefficient (Wildman–Crippen LogP) is 1.08. The molecular weight excluding hydrogens is 164 g/mol. The van der Waals surface area contributed by atoms with E-state index in [2.05, 4.69) is 25.7 Å². The van der Waals surface area contributed by atoms with Crippen molar-refractivity contribution in [1.82, 2.24) is 4.90 Å². The lowest BCUT2D eigenvalue weighted by Gasteiger charge is -2.34. The van der Waals surface area contributed by atoms with E-state index in [1.54, 1.807) is 7.11 Å². The maximum atomic E-state index is 5.86. The molecule has 0 aromatic carbocycles. The highest BCUT2D eigenvalue weighted by atomic mass is 16.5. The minimum absolute atomic E-state index is 0.208. The maximum Gasteiger partial charge on any atom is 0.0589 e. The van der Waals surface area contributed by atoms with Gasteiger partial charge in [0.2, 0.25) is 0 Å². The van der Waals surface area contributed by atoms with Gasteiger partial charge in [0.15, 0.2) is 0 Å². The van der Waals surface area contributed by atoms with Gasteiger partial charge in [-0.25, -0.2) is 0 Å². The van der Waals surface area contributed by atoms with E-state index in [9.17, 15) is 0 Å². The van der Waals surface area contributed by atoms with Crippen molar-refractivity contribution in [3.05, 3.63) is 0 Å². The Hall–Kier alpha value is -0.120. The highest BCUT2D eigenvalue weighted by Crippen LogP contribution is 2.07. The molecule has 2 N–H and O–H groups in total. The smallest absolute Gasteiger partial charge is 0.0589 e. The van der Waals surface area contributed by atoms with Crippen LogP contribution in [0.3, 0.4) is 0 Å². The first-order valence-corrected chi connectivity index (χ1v) is 5.01. The Morgan fingerprint density at radius 2 is 1.77 bits per heavy atom. The lowest BCUT2D eigenvalue weighted by Crippen LogP contribution is -2.48. The van der Waals surface area contributed by atoms with E-state index in [1.165, 1.54) is 0 Å². The van der Waals surface area contributed by atoms with Crippen molar-refractivity contribution in [1.29, 1.82) is 0 Å². The topological polar surface area (TPSA) is 38.5 Å². The molecule has 2 unspecified atom stereocenters. The van der Waals surface area contributed by atoms with Crippen molar-refractivity contribution < 1.29 is 4.74 Å². The van der Waals surface area contributed by atoms with E-state index in [0.29, 0.717) is 12.1 Å². The van der Waals surface area contributed by atoms with Crippen molar-refractivity contribution in [2.75, 3.05) is 20.3 Å². The summed E-state index contributed by atoms with van der Waals surface area (Å²) in [5, 5.41) is 0. The molecule has 13 heavy (non-hydrogen) atoms. The molecule has 0 saturated heterocycles. The van der Waals surface area contributed by atoms with Gasteiger partial charge < -0.3 is 10.5 Å². The summed E-state index contributed by atoms with van der Waals surface area (Å²) in [5.41, 5.74) is 5.86. The number of methoxy groups -OCH3 is 1. The van der Waals surface area contributed by atoms with Crippen LogP contribution >= 0.6 is 0 Å².